The SMILES string of the molecule is O=c1c2cc(NS(=O)(=O)c3ccc(Br)cc3)ccc2oc2cc(O)cc(O)c12. The van der Waals surface area contributed by atoms with Gasteiger partial charge in [0.2, 0.25) is 5.43 Å². The van der Waals surface area contributed by atoms with E-state index in [1.165, 1.54) is 36.4 Å². The summed E-state index contributed by atoms with van der Waals surface area (Å²) in [4.78, 5) is 12.8. The van der Waals surface area contributed by atoms with Crippen molar-refractivity contribution in [1.82, 2.24) is 0 Å². The summed E-state index contributed by atoms with van der Waals surface area (Å²) in [7, 11) is -3.85. The summed E-state index contributed by atoms with van der Waals surface area (Å²) < 4.78 is 33.8. The van der Waals surface area contributed by atoms with E-state index in [0.717, 1.165) is 10.5 Å². The number of aromatic hydroxyl groups is 2. The molecule has 4 rings (SSSR count). The molecule has 142 valence electrons. The molecule has 0 unspecified atom stereocenters. The number of hydrogen-bond donors (Lipinski definition) is 3. The molecule has 9 heteroatoms. The fourth-order valence-corrected chi connectivity index (χ4v) is 4.15. The van der Waals surface area contributed by atoms with Crippen molar-refractivity contribution in [2.24, 2.45) is 0 Å². The molecule has 0 atom stereocenters. The Morgan fingerprint density at radius 3 is 2.36 bits per heavy atom. The molecule has 0 amide bonds. The number of halogens is 1. The molecule has 0 fully saturated rings. The van der Waals surface area contributed by atoms with E-state index in [2.05, 4.69) is 20.7 Å². The van der Waals surface area contributed by atoms with E-state index < -0.39 is 21.2 Å². The quantitative estimate of drug-likeness (QED) is 0.398. The molecule has 3 N–H and O–H groups in total. The van der Waals surface area contributed by atoms with Gasteiger partial charge in [0.25, 0.3) is 10.0 Å². The predicted octanol–water partition coefficient (Wildman–Crippen LogP) is 3.92. The Kier molecular flexibility index (Phi) is 4.28. The smallest absolute Gasteiger partial charge is 0.261 e. The van der Waals surface area contributed by atoms with Gasteiger partial charge in [-0.15, -0.1) is 0 Å². The molecule has 0 aliphatic rings. The highest BCUT2D eigenvalue weighted by atomic mass is 79.9. The fourth-order valence-electron chi connectivity index (χ4n) is 2.84. The lowest BCUT2D eigenvalue weighted by Gasteiger charge is -2.09. The van der Waals surface area contributed by atoms with Gasteiger partial charge in [-0.1, -0.05) is 15.9 Å². The van der Waals surface area contributed by atoms with Crippen LogP contribution >= 0.6 is 15.9 Å². The number of sulfonamides is 1. The number of benzene rings is 3. The third-order valence-electron chi connectivity index (χ3n) is 4.11. The Balaban J connectivity index is 1.83. The van der Waals surface area contributed by atoms with Crippen molar-refractivity contribution in [3.05, 3.63) is 69.3 Å². The number of hydrogen-bond acceptors (Lipinski definition) is 6. The monoisotopic (exact) mass is 461 g/mol. The Morgan fingerprint density at radius 1 is 0.929 bits per heavy atom. The fraction of sp³-hybridized carbons (Fsp3) is 0. The van der Waals surface area contributed by atoms with Crippen molar-refractivity contribution >= 4 is 53.6 Å². The second-order valence-electron chi connectivity index (χ2n) is 6.04. The first-order valence-electron chi connectivity index (χ1n) is 7.95. The zero-order valence-electron chi connectivity index (χ0n) is 14.0. The predicted molar refractivity (Wildman–Crippen MR) is 108 cm³/mol. The first kappa shape index (κ1) is 18.3. The summed E-state index contributed by atoms with van der Waals surface area (Å²) in [5.41, 5.74) is -0.161. The van der Waals surface area contributed by atoms with Crippen molar-refractivity contribution in [3.8, 4) is 11.5 Å². The maximum absolute atomic E-state index is 12.8. The molecule has 0 saturated heterocycles. The summed E-state index contributed by atoms with van der Waals surface area (Å²) >= 11 is 3.25. The number of phenolic OH excluding ortho intramolecular Hbond substituents is 2. The van der Waals surface area contributed by atoms with Gasteiger partial charge in [0.05, 0.1) is 10.3 Å². The van der Waals surface area contributed by atoms with Crippen molar-refractivity contribution < 1.29 is 23.0 Å². The lowest BCUT2D eigenvalue weighted by atomic mass is 10.1. The number of nitrogens with one attached hydrogen (secondary N) is 1. The number of fused-ring (bicyclic) bond motifs is 2. The van der Waals surface area contributed by atoms with Crippen LogP contribution in [-0.4, -0.2) is 18.6 Å². The summed E-state index contributed by atoms with van der Waals surface area (Å²) in [6.07, 6.45) is 0. The van der Waals surface area contributed by atoms with Crippen molar-refractivity contribution in [2.45, 2.75) is 4.90 Å². The van der Waals surface area contributed by atoms with Crippen LogP contribution in [0.15, 0.2) is 73.2 Å². The molecule has 0 aliphatic carbocycles. The zero-order chi connectivity index (χ0) is 20.1. The van der Waals surface area contributed by atoms with Crippen molar-refractivity contribution in [2.75, 3.05) is 4.72 Å². The minimum Gasteiger partial charge on any atom is -0.508 e. The molecular weight excluding hydrogens is 450 g/mol. The Labute approximate surface area is 167 Å². The van der Waals surface area contributed by atoms with Gasteiger partial charge in [0.15, 0.2) is 0 Å². The summed E-state index contributed by atoms with van der Waals surface area (Å²) in [6, 6.07) is 12.6. The molecule has 3 aromatic carbocycles. The van der Waals surface area contributed by atoms with Gasteiger partial charge >= 0.3 is 0 Å². The first-order chi connectivity index (χ1) is 13.2. The molecule has 7 nitrogen and oxygen atoms in total. The van der Waals surface area contributed by atoms with Gasteiger partial charge in [0, 0.05) is 22.3 Å². The van der Waals surface area contributed by atoms with E-state index >= 15 is 0 Å². The Morgan fingerprint density at radius 2 is 1.64 bits per heavy atom. The molecular formula is C19H12BrNO6S. The minimum absolute atomic E-state index is 0.0261. The largest absolute Gasteiger partial charge is 0.508 e. The van der Waals surface area contributed by atoms with Crippen LogP contribution in [-0.2, 0) is 10.0 Å². The van der Waals surface area contributed by atoms with Gasteiger partial charge in [-0.3, -0.25) is 9.52 Å². The van der Waals surface area contributed by atoms with E-state index in [9.17, 15) is 23.4 Å². The molecule has 1 heterocycles. The highest BCUT2D eigenvalue weighted by Crippen LogP contribution is 2.30. The summed E-state index contributed by atoms with van der Waals surface area (Å²) in [6.45, 7) is 0. The number of anilines is 1. The van der Waals surface area contributed by atoms with Gasteiger partial charge in [-0.2, -0.15) is 0 Å². The molecule has 28 heavy (non-hydrogen) atoms. The maximum atomic E-state index is 12.8. The molecule has 0 spiro atoms. The third kappa shape index (κ3) is 3.19. The van der Waals surface area contributed by atoms with Crippen LogP contribution in [0.5, 0.6) is 11.5 Å². The first-order valence-corrected chi connectivity index (χ1v) is 10.2. The van der Waals surface area contributed by atoms with E-state index in [-0.39, 0.29) is 38.3 Å². The van der Waals surface area contributed by atoms with Crippen LogP contribution in [0.25, 0.3) is 21.9 Å². The molecule has 1 aromatic heterocycles. The molecule has 0 aliphatic heterocycles. The van der Waals surface area contributed by atoms with E-state index in [4.69, 9.17) is 4.42 Å². The second kappa shape index (κ2) is 6.54. The molecule has 0 bridgehead atoms. The second-order valence-corrected chi connectivity index (χ2v) is 8.64. The number of phenols is 2. The van der Waals surface area contributed by atoms with Crippen LogP contribution in [0.3, 0.4) is 0 Å². The van der Waals surface area contributed by atoms with E-state index in [0.29, 0.717) is 0 Å². The van der Waals surface area contributed by atoms with Crippen LogP contribution in [0, 0.1) is 0 Å². The van der Waals surface area contributed by atoms with Gasteiger partial charge in [0.1, 0.15) is 28.1 Å². The maximum Gasteiger partial charge on any atom is 0.261 e. The normalized spacial score (nSPS) is 11.8. The lowest BCUT2D eigenvalue weighted by Crippen LogP contribution is -2.13. The average Bonchev–Trinajstić information content (AvgIpc) is 2.62. The average molecular weight is 462 g/mol. The lowest BCUT2D eigenvalue weighted by molar-refractivity contribution is 0.453. The topological polar surface area (TPSA) is 117 Å². The summed E-state index contributed by atoms with van der Waals surface area (Å²) in [5, 5.41) is 19.5. The minimum atomic E-state index is -3.85. The van der Waals surface area contributed by atoms with Crippen molar-refractivity contribution in [1.29, 1.82) is 0 Å². The highest BCUT2D eigenvalue weighted by Gasteiger charge is 2.17. The zero-order valence-corrected chi connectivity index (χ0v) is 16.4. The summed E-state index contributed by atoms with van der Waals surface area (Å²) in [5.74, 6) is -0.669. The molecule has 4 aromatic rings. The van der Waals surface area contributed by atoms with Crippen LogP contribution in [0.4, 0.5) is 5.69 Å². The van der Waals surface area contributed by atoms with E-state index in [1.807, 2.05) is 0 Å². The Hall–Kier alpha value is -3.04. The number of rotatable bonds is 3. The van der Waals surface area contributed by atoms with Crippen LogP contribution < -0.4 is 10.2 Å². The van der Waals surface area contributed by atoms with E-state index in [1.54, 1.807) is 12.1 Å². The standard InChI is InChI=1S/C19H12BrNO6S/c20-10-1-4-13(5-2-10)28(25,26)21-11-3-6-16-14(7-11)19(24)18-15(23)8-12(22)9-17(18)27-16/h1-9,21-23H. The molecule has 0 saturated carbocycles. The highest BCUT2D eigenvalue weighted by molar-refractivity contribution is 9.10. The van der Waals surface area contributed by atoms with Crippen molar-refractivity contribution in [3.63, 3.8) is 0 Å². The third-order valence-corrected chi connectivity index (χ3v) is 6.04. The van der Waals surface area contributed by atoms with Gasteiger partial charge < -0.3 is 14.6 Å². The van der Waals surface area contributed by atoms with Gasteiger partial charge in [-0.05, 0) is 42.5 Å². The van der Waals surface area contributed by atoms with Gasteiger partial charge in [-0.25, -0.2) is 8.42 Å². The Bertz CT molecular complexity index is 1390. The van der Waals surface area contributed by atoms with Crippen LogP contribution in [0.1, 0.15) is 0 Å². The molecule has 0 radical (unpaired) electrons. The van der Waals surface area contributed by atoms with Crippen LogP contribution in [0.2, 0.25) is 0 Å².